The Morgan fingerprint density at radius 3 is 2.80 bits per heavy atom. The van der Waals surface area contributed by atoms with Crippen molar-refractivity contribution in [1.82, 2.24) is 9.80 Å². The molecular weight excluding hydrogens is 248 g/mol. The summed E-state index contributed by atoms with van der Waals surface area (Å²) in [6.45, 7) is 8.03. The molecule has 2 aliphatic rings. The van der Waals surface area contributed by atoms with E-state index in [1.807, 2.05) is 6.07 Å². The molecule has 1 aromatic rings. The van der Waals surface area contributed by atoms with Crippen LogP contribution in [0, 0.1) is 0 Å². The molecule has 0 radical (unpaired) electrons. The fraction of sp³-hybridized carbons (Fsp3) is 0.647. The highest BCUT2D eigenvalue weighted by Crippen LogP contribution is 2.34. The van der Waals surface area contributed by atoms with Crippen LogP contribution in [0.1, 0.15) is 37.0 Å². The summed E-state index contributed by atoms with van der Waals surface area (Å²) in [6, 6.07) is 8.66. The first-order valence-electron chi connectivity index (χ1n) is 8.02. The largest absolute Gasteiger partial charge is 0.387 e. The predicted octanol–water partition coefficient (Wildman–Crippen LogP) is 2.06. The summed E-state index contributed by atoms with van der Waals surface area (Å²) in [5.74, 6) is 0. The number of hydrogen-bond donors (Lipinski definition) is 1. The van der Waals surface area contributed by atoms with Crippen molar-refractivity contribution in [3.05, 3.63) is 35.4 Å². The second kappa shape index (κ2) is 6.25. The number of nitrogens with zero attached hydrogens (tertiary/aromatic N) is 2. The van der Waals surface area contributed by atoms with E-state index in [1.165, 1.54) is 31.5 Å². The van der Waals surface area contributed by atoms with Gasteiger partial charge in [-0.2, -0.15) is 0 Å². The molecule has 1 saturated heterocycles. The van der Waals surface area contributed by atoms with E-state index < -0.39 is 0 Å². The van der Waals surface area contributed by atoms with Crippen molar-refractivity contribution in [3.8, 4) is 0 Å². The van der Waals surface area contributed by atoms with E-state index >= 15 is 0 Å². The Labute approximate surface area is 122 Å². The zero-order chi connectivity index (χ0) is 13.9. The van der Waals surface area contributed by atoms with Crippen molar-refractivity contribution in [2.75, 3.05) is 32.7 Å². The third-order valence-corrected chi connectivity index (χ3v) is 4.80. The van der Waals surface area contributed by atoms with Gasteiger partial charge < -0.3 is 10.0 Å². The van der Waals surface area contributed by atoms with E-state index in [4.69, 9.17) is 0 Å². The molecule has 1 aromatic carbocycles. The van der Waals surface area contributed by atoms with Crippen LogP contribution >= 0.6 is 0 Å². The van der Waals surface area contributed by atoms with E-state index in [0.29, 0.717) is 0 Å². The van der Waals surface area contributed by atoms with Crippen molar-refractivity contribution in [1.29, 1.82) is 0 Å². The summed E-state index contributed by atoms with van der Waals surface area (Å²) in [7, 11) is 0. The van der Waals surface area contributed by atoms with Crippen LogP contribution in [0.3, 0.4) is 0 Å². The van der Waals surface area contributed by atoms with E-state index in [-0.39, 0.29) is 12.1 Å². The molecule has 0 bridgehead atoms. The molecule has 1 aliphatic carbocycles. The summed E-state index contributed by atoms with van der Waals surface area (Å²) in [5.41, 5.74) is 2.48. The minimum absolute atomic E-state index is 0.286. The summed E-state index contributed by atoms with van der Waals surface area (Å²) in [4.78, 5) is 5.08. The van der Waals surface area contributed by atoms with Gasteiger partial charge in [-0.05, 0) is 50.0 Å². The third kappa shape index (κ3) is 2.76. The lowest BCUT2D eigenvalue weighted by atomic mass is 10.1. The van der Waals surface area contributed by atoms with E-state index in [0.717, 1.165) is 31.6 Å². The van der Waals surface area contributed by atoms with Crippen LogP contribution in [-0.4, -0.2) is 53.7 Å². The van der Waals surface area contributed by atoms with Crippen LogP contribution in [0.5, 0.6) is 0 Å². The van der Waals surface area contributed by atoms with Crippen molar-refractivity contribution in [3.63, 3.8) is 0 Å². The fourth-order valence-corrected chi connectivity index (χ4v) is 3.74. The molecule has 110 valence electrons. The molecular formula is C17H26N2O. The Hall–Kier alpha value is -0.900. The van der Waals surface area contributed by atoms with Gasteiger partial charge in [0.25, 0.3) is 0 Å². The second-order valence-corrected chi connectivity index (χ2v) is 6.15. The van der Waals surface area contributed by atoms with Gasteiger partial charge in [0.05, 0.1) is 6.10 Å². The number of benzene rings is 1. The first kappa shape index (κ1) is 14.1. The molecule has 0 spiro atoms. The zero-order valence-electron chi connectivity index (χ0n) is 12.5. The lowest BCUT2D eigenvalue weighted by Crippen LogP contribution is -2.41. The average molecular weight is 274 g/mol. The molecule has 0 saturated carbocycles. The highest BCUT2D eigenvalue weighted by molar-refractivity contribution is 5.35. The van der Waals surface area contributed by atoms with Gasteiger partial charge in [0.2, 0.25) is 0 Å². The van der Waals surface area contributed by atoms with Crippen LogP contribution in [0.15, 0.2) is 24.3 Å². The van der Waals surface area contributed by atoms with Gasteiger partial charge in [0.1, 0.15) is 0 Å². The molecule has 2 unspecified atom stereocenters. The molecule has 1 aliphatic heterocycles. The molecule has 0 aromatic heterocycles. The maximum absolute atomic E-state index is 10.6. The topological polar surface area (TPSA) is 26.7 Å². The molecule has 3 nitrogen and oxygen atoms in total. The highest BCUT2D eigenvalue weighted by atomic mass is 16.3. The van der Waals surface area contributed by atoms with E-state index in [1.54, 1.807) is 0 Å². The van der Waals surface area contributed by atoms with Crippen molar-refractivity contribution in [2.45, 2.75) is 38.3 Å². The van der Waals surface area contributed by atoms with Gasteiger partial charge in [-0.25, -0.2) is 0 Å². The number of rotatable bonds is 3. The maximum atomic E-state index is 10.6. The molecule has 0 amide bonds. The number of fused-ring (bicyclic) bond motifs is 1. The maximum Gasteiger partial charge on any atom is 0.0951 e. The summed E-state index contributed by atoms with van der Waals surface area (Å²) in [5, 5.41) is 10.6. The molecule has 20 heavy (non-hydrogen) atoms. The average Bonchev–Trinajstić information content (AvgIpc) is 2.65. The Morgan fingerprint density at radius 2 is 2.00 bits per heavy atom. The zero-order valence-corrected chi connectivity index (χ0v) is 12.5. The molecule has 1 heterocycles. The van der Waals surface area contributed by atoms with Gasteiger partial charge in [0.15, 0.2) is 0 Å². The summed E-state index contributed by atoms with van der Waals surface area (Å²) >= 11 is 0. The first-order valence-corrected chi connectivity index (χ1v) is 8.02. The normalized spacial score (nSPS) is 28.3. The predicted molar refractivity (Wildman–Crippen MR) is 81.8 cm³/mol. The molecule has 3 heteroatoms. The fourth-order valence-electron chi connectivity index (χ4n) is 3.74. The van der Waals surface area contributed by atoms with Crippen molar-refractivity contribution >= 4 is 0 Å². The number of hydrogen-bond acceptors (Lipinski definition) is 3. The van der Waals surface area contributed by atoms with E-state index in [2.05, 4.69) is 34.9 Å². The van der Waals surface area contributed by atoms with Crippen LogP contribution in [0.25, 0.3) is 0 Å². The highest BCUT2D eigenvalue weighted by Gasteiger charge is 2.35. The minimum atomic E-state index is -0.302. The monoisotopic (exact) mass is 274 g/mol. The Morgan fingerprint density at radius 1 is 1.15 bits per heavy atom. The quantitative estimate of drug-likeness (QED) is 0.914. The van der Waals surface area contributed by atoms with Gasteiger partial charge >= 0.3 is 0 Å². The number of aliphatic hydroxyl groups is 1. The SMILES string of the molecule is CCCN1CCCN(C2Cc3ccccc3C2O)CC1. The first-order chi connectivity index (χ1) is 9.79. The summed E-state index contributed by atoms with van der Waals surface area (Å²) in [6.07, 6.45) is 3.16. The lowest BCUT2D eigenvalue weighted by Gasteiger charge is -2.30. The molecule has 3 rings (SSSR count). The molecule has 2 atom stereocenters. The van der Waals surface area contributed by atoms with Crippen LogP contribution in [0.2, 0.25) is 0 Å². The third-order valence-electron chi connectivity index (χ3n) is 4.80. The molecule has 1 N–H and O–H groups in total. The van der Waals surface area contributed by atoms with Crippen LogP contribution in [0.4, 0.5) is 0 Å². The van der Waals surface area contributed by atoms with Crippen LogP contribution in [-0.2, 0) is 6.42 Å². The standard InChI is InChI=1S/C17H26N2O/c1-2-8-18-9-5-10-19(12-11-18)16-13-14-6-3-4-7-15(14)17(16)20/h3-4,6-7,16-17,20H,2,5,8-13H2,1H3. The Kier molecular flexibility index (Phi) is 4.39. The Bertz CT molecular complexity index is 448. The van der Waals surface area contributed by atoms with Crippen molar-refractivity contribution < 1.29 is 5.11 Å². The van der Waals surface area contributed by atoms with Crippen LogP contribution < -0.4 is 0 Å². The van der Waals surface area contributed by atoms with Gasteiger partial charge in [-0.1, -0.05) is 31.2 Å². The van der Waals surface area contributed by atoms with Crippen molar-refractivity contribution in [2.24, 2.45) is 0 Å². The number of aliphatic hydroxyl groups excluding tert-OH is 1. The summed E-state index contributed by atoms with van der Waals surface area (Å²) < 4.78 is 0. The van der Waals surface area contributed by atoms with Gasteiger partial charge in [-0.3, -0.25) is 4.90 Å². The smallest absolute Gasteiger partial charge is 0.0951 e. The minimum Gasteiger partial charge on any atom is -0.387 e. The molecule has 1 fully saturated rings. The van der Waals surface area contributed by atoms with Gasteiger partial charge in [0, 0.05) is 19.1 Å². The van der Waals surface area contributed by atoms with Gasteiger partial charge in [-0.15, -0.1) is 0 Å². The lowest BCUT2D eigenvalue weighted by molar-refractivity contribution is 0.0627. The second-order valence-electron chi connectivity index (χ2n) is 6.15. The van der Waals surface area contributed by atoms with E-state index in [9.17, 15) is 5.11 Å². The Balaban J connectivity index is 1.66.